The van der Waals surface area contributed by atoms with Gasteiger partial charge in [-0.25, -0.2) is 0 Å². The predicted molar refractivity (Wildman–Crippen MR) is 118 cm³/mol. The molecule has 0 saturated heterocycles. The fourth-order valence-electron chi connectivity index (χ4n) is 3.08. The second-order valence-corrected chi connectivity index (χ2v) is 7.27. The summed E-state index contributed by atoms with van der Waals surface area (Å²) in [6.07, 6.45) is -4.65. The monoisotopic (exact) mass is 463 g/mol. The van der Waals surface area contributed by atoms with Crippen molar-refractivity contribution >= 4 is 23.2 Å². The van der Waals surface area contributed by atoms with Gasteiger partial charge in [-0.05, 0) is 42.8 Å². The maximum absolute atomic E-state index is 13.4. The van der Waals surface area contributed by atoms with E-state index < -0.39 is 22.7 Å². The fraction of sp³-hybridized carbons (Fsp3) is 0.208. The number of benzene rings is 3. The molecule has 0 radical (unpaired) electrons. The number of carbonyl (C=O) groups is 1. The lowest BCUT2D eigenvalue weighted by atomic mass is 10.1. The number of hydrogen-bond acceptors (Lipinski definition) is 3. The van der Waals surface area contributed by atoms with Crippen LogP contribution in [0, 0.1) is 0 Å². The molecule has 8 heteroatoms. The van der Waals surface area contributed by atoms with Crippen molar-refractivity contribution < 1.29 is 27.4 Å². The number of anilines is 1. The van der Waals surface area contributed by atoms with Crippen LogP contribution in [-0.4, -0.2) is 19.6 Å². The first-order valence-corrected chi connectivity index (χ1v) is 10.2. The van der Waals surface area contributed by atoms with E-state index in [9.17, 15) is 18.0 Å². The molecule has 3 aromatic rings. The van der Waals surface area contributed by atoms with E-state index in [0.29, 0.717) is 6.61 Å². The summed E-state index contributed by atoms with van der Waals surface area (Å²) >= 11 is 5.71. The van der Waals surface area contributed by atoms with E-state index in [0.717, 1.165) is 22.6 Å². The minimum absolute atomic E-state index is 0.0343. The van der Waals surface area contributed by atoms with Gasteiger partial charge in [0.25, 0.3) is 5.91 Å². The highest BCUT2D eigenvalue weighted by atomic mass is 35.5. The maximum Gasteiger partial charge on any atom is 0.417 e. The number of nitrogens with zero attached hydrogens (tertiary/aromatic N) is 1. The zero-order valence-electron chi connectivity index (χ0n) is 17.4. The molecule has 0 aromatic heterocycles. The Bertz CT molecular complexity index is 1090. The van der Waals surface area contributed by atoms with E-state index in [1.54, 1.807) is 25.1 Å². The molecule has 32 heavy (non-hydrogen) atoms. The Kier molecular flexibility index (Phi) is 7.30. The highest BCUT2D eigenvalue weighted by molar-refractivity contribution is 6.31. The van der Waals surface area contributed by atoms with Crippen LogP contribution in [0.4, 0.5) is 18.9 Å². The maximum atomic E-state index is 13.4. The molecule has 4 nitrogen and oxygen atoms in total. The molecule has 0 N–H and O–H groups in total. The Balaban J connectivity index is 1.97. The van der Waals surface area contributed by atoms with Crippen LogP contribution in [-0.2, 0) is 12.8 Å². The largest absolute Gasteiger partial charge is 0.493 e. The van der Waals surface area contributed by atoms with E-state index in [1.807, 2.05) is 30.3 Å². The second kappa shape index (κ2) is 9.96. The van der Waals surface area contributed by atoms with Crippen molar-refractivity contribution in [2.24, 2.45) is 0 Å². The van der Waals surface area contributed by atoms with Crippen LogP contribution in [0.5, 0.6) is 11.5 Å². The topological polar surface area (TPSA) is 38.8 Å². The minimum Gasteiger partial charge on any atom is -0.493 e. The number of ether oxygens (including phenoxy) is 2. The zero-order chi connectivity index (χ0) is 23.3. The van der Waals surface area contributed by atoms with Crippen molar-refractivity contribution in [3.05, 3.63) is 88.4 Å². The molecule has 0 aliphatic heterocycles. The van der Waals surface area contributed by atoms with Gasteiger partial charge in [0.1, 0.15) is 23.7 Å². The average Bonchev–Trinajstić information content (AvgIpc) is 2.77. The van der Waals surface area contributed by atoms with Gasteiger partial charge in [0.05, 0.1) is 17.2 Å². The van der Waals surface area contributed by atoms with Crippen molar-refractivity contribution in [1.82, 2.24) is 0 Å². The summed E-state index contributed by atoms with van der Waals surface area (Å²) in [5.41, 5.74) is 0.0341. The molecule has 0 bridgehead atoms. The lowest BCUT2D eigenvalue weighted by Crippen LogP contribution is -2.28. The highest BCUT2D eigenvalue weighted by Gasteiger charge is 2.34. The third kappa shape index (κ3) is 5.34. The van der Waals surface area contributed by atoms with Gasteiger partial charge in [0, 0.05) is 12.7 Å². The Morgan fingerprint density at radius 2 is 1.62 bits per heavy atom. The normalized spacial score (nSPS) is 11.2. The molecule has 0 saturated carbocycles. The second-order valence-electron chi connectivity index (χ2n) is 6.86. The lowest BCUT2D eigenvalue weighted by Gasteiger charge is -2.22. The van der Waals surface area contributed by atoms with Gasteiger partial charge in [0.2, 0.25) is 0 Å². The van der Waals surface area contributed by atoms with E-state index in [2.05, 4.69) is 0 Å². The van der Waals surface area contributed by atoms with Crippen LogP contribution in [0.25, 0.3) is 0 Å². The molecule has 0 aliphatic carbocycles. The summed E-state index contributed by atoms with van der Waals surface area (Å²) in [4.78, 5) is 14.5. The first-order valence-electron chi connectivity index (χ1n) is 9.79. The van der Waals surface area contributed by atoms with Crippen molar-refractivity contribution in [2.45, 2.75) is 19.7 Å². The summed E-state index contributed by atoms with van der Waals surface area (Å²) in [7, 11) is 1.38. The lowest BCUT2D eigenvalue weighted by molar-refractivity contribution is -0.137. The molecule has 1 amide bonds. The van der Waals surface area contributed by atoms with Crippen molar-refractivity contribution in [3.8, 4) is 11.5 Å². The smallest absolute Gasteiger partial charge is 0.417 e. The highest BCUT2D eigenvalue weighted by Crippen LogP contribution is 2.38. The van der Waals surface area contributed by atoms with Gasteiger partial charge in [-0.3, -0.25) is 4.79 Å². The number of alkyl halides is 3. The third-order valence-corrected chi connectivity index (χ3v) is 5.02. The molecule has 0 atom stereocenters. The summed E-state index contributed by atoms with van der Waals surface area (Å²) in [5.74, 6) is -0.0332. The summed E-state index contributed by atoms with van der Waals surface area (Å²) in [6.45, 7) is 2.27. The zero-order valence-corrected chi connectivity index (χ0v) is 18.2. The van der Waals surface area contributed by atoms with E-state index in [1.165, 1.54) is 13.1 Å². The van der Waals surface area contributed by atoms with Gasteiger partial charge in [-0.15, -0.1) is 0 Å². The number of hydrogen-bond donors (Lipinski definition) is 0. The minimum atomic E-state index is -4.65. The first-order chi connectivity index (χ1) is 15.2. The third-order valence-electron chi connectivity index (χ3n) is 4.69. The van der Waals surface area contributed by atoms with Crippen LogP contribution in [0.15, 0.2) is 66.7 Å². The first kappa shape index (κ1) is 23.5. The molecule has 168 valence electrons. The number of rotatable bonds is 7. The van der Waals surface area contributed by atoms with Crippen molar-refractivity contribution in [2.75, 3.05) is 18.6 Å². The van der Waals surface area contributed by atoms with Crippen molar-refractivity contribution in [3.63, 3.8) is 0 Å². The van der Waals surface area contributed by atoms with Gasteiger partial charge >= 0.3 is 6.18 Å². The van der Waals surface area contributed by atoms with Gasteiger partial charge in [-0.2, -0.15) is 13.2 Å². The van der Waals surface area contributed by atoms with Crippen LogP contribution in [0.3, 0.4) is 0 Å². The predicted octanol–water partition coefficient (Wildman–Crippen LogP) is 6.61. The van der Waals surface area contributed by atoms with E-state index >= 15 is 0 Å². The molecule has 0 unspecified atom stereocenters. The van der Waals surface area contributed by atoms with Crippen LogP contribution in [0.1, 0.15) is 28.4 Å². The Hall–Kier alpha value is -3.19. The molecular weight excluding hydrogens is 443 g/mol. The van der Waals surface area contributed by atoms with E-state index in [-0.39, 0.29) is 29.4 Å². The standard InChI is InChI=1S/C24H21ClF3NO3/c1-3-31-20-10-7-11-21(32-15-16-8-5-4-6-9-16)22(20)23(30)29(2)17-12-13-19(25)18(14-17)24(26,27)28/h4-14H,3,15H2,1-2H3. The van der Waals surface area contributed by atoms with Gasteiger partial charge < -0.3 is 14.4 Å². The number of amides is 1. The number of halogens is 4. The van der Waals surface area contributed by atoms with Crippen LogP contribution in [0.2, 0.25) is 5.02 Å². The van der Waals surface area contributed by atoms with Gasteiger partial charge in [-0.1, -0.05) is 48.0 Å². The molecular formula is C24H21ClF3NO3. The fourth-order valence-corrected chi connectivity index (χ4v) is 3.30. The van der Waals surface area contributed by atoms with E-state index in [4.69, 9.17) is 21.1 Å². The Morgan fingerprint density at radius 3 is 2.25 bits per heavy atom. The van der Waals surface area contributed by atoms with Crippen LogP contribution < -0.4 is 14.4 Å². The molecule has 3 aromatic carbocycles. The summed E-state index contributed by atoms with van der Waals surface area (Å²) < 4.78 is 51.3. The number of carbonyl (C=O) groups excluding carboxylic acids is 1. The molecule has 0 aliphatic rings. The Labute approximate surface area is 189 Å². The summed E-state index contributed by atoms with van der Waals surface area (Å²) in [6, 6.07) is 17.6. The average molecular weight is 464 g/mol. The molecule has 3 rings (SSSR count). The van der Waals surface area contributed by atoms with Gasteiger partial charge in [0.15, 0.2) is 0 Å². The molecule has 0 heterocycles. The SMILES string of the molecule is CCOc1cccc(OCc2ccccc2)c1C(=O)N(C)c1ccc(Cl)c(C(F)(F)F)c1. The Morgan fingerprint density at radius 1 is 0.969 bits per heavy atom. The van der Waals surface area contributed by atoms with Crippen LogP contribution >= 0.6 is 11.6 Å². The van der Waals surface area contributed by atoms with Crippen molar-refractivity contribution in [1.29, 1.82) is 0 Å². The quantitative estimate of drug-likeness (QED) is 0.395. The summed E-state index contributed by atoms with van der Waals surface area (Å²) in [5, 5.41) is -0.441. The molecule has 0 spiro atoms. The molecule has 0 fully saturated rings.